The smallest absolute Gasteiger partial charge is 0.191 e. The molecule has 1 atom stereocenters. The second-order valence-corrected chi connectivity index (χ2v) is 7.21. The number of nitrogens with one attached hydrogen (secondary N) is 2. The lowest BCUT2D eigenvalue weighted by Gasteiger charge is -2.35. The van der Waals surface area contributed by atoms with E-state index >= 15 is 0 Å². The first-order valence-electron chi connectivity index (χ1n) is 9.85. The number of nitrogens with zero attached hydrogens (tertiary/aromatic N) is 2. The zero-order valence-corrected chi connectivity index (χ0v) is 20.5. The Morgan fingerprint density at radius 2 is 1.83 bits per heavy atom. The van der Waals surface area contributed by atoms with Crippen molar-refractivity contribution in [3.05, 3.63) is 64.7 Å². The molecule has 0 aliphatic carbocycles. The summed E-state index contributed by atoms with van der Waals surface area (Å²) in [5.74, 6) is 1.60. The van der Waals surface area contributed by atoms with E-state index in [1.54, 1.807) is 14.2 Å². The van der Waals surface area contributed by atoms with Gasteiger partial charge in [-0.25, -0.2) is 0 Å². The molecule has 164 valence electrons. The molecule has 2 aromatic carbocycles. The Morgan fingerprint density at radius 3 is 2.53 bits per heavy atom. The van der Waals surface area contributed by atoms with Crippen LogP contribution in [0, 0.1) is 0 Å². The summed E-state index contributed by atoms with van der Waals surface area (Å²) in [5.41, 5.74) is 2.19. The van der Waals surface area contributed by atoms with Crippen LogP contribution in [0.2, 0.25) is 5.02 Å². The van der Waals surface area contributed by atoms with Crippen LogP contribution in [0.5, 0.6) is 5.75 Å². The van der Waals surface area contributed by atoms with E-state index in [2.05, 4.69) is 26.6 Å². The third-order valence-electron chi connectivity index (χ3n) is 5.08. The highest BCUT2D eigenvalue weighted by molar-refractivity contribution is 14.0. The average Bonchev–Trinajstić information content (AvgIpc) is 2.78. The summed E-state index contributed by atoms with van der Waals surface area (Å²) >= 11 is 6.52. The van der Waals surface area contributed by atoms with Gasteiger partial charge in [0, 0.05) is 43.8 Å². The highest BCUT2D eigenvalue weighted by atomic mass is 127. The highest BCUT2D eigenvalue weighted by Crippen LogP contribution is 2.27. The fourth-order valence-electron chi connectivity index (χ4n) is 3.51. The molecular weight excluding hydrogens is 515 g/mol. The van der Waals surface area contributed by atoms with Crippen LogP contribution < -0.4 is 15.4 Å². The molecular formula is C22H30ClIN4O2. The number of guanidine groups is 1. The number of rotatable bonds is 7. The van der Waals surface area contributed by atoms with E-state index in [0.717, 1.165) is 54.2 Å². The molecule has 0 bridgehead atoms. The monoisotopic (exact) mass is 544 g/mol. The molecule has 1 unspecified atom stereocenters. The van der Waals surface area contributed by atoms with Crippen LogP contribution in [0.4, 0.5) is 0 Å². The van der Waals surface area contributed by atoms with Gasteiger partial charge in [-0.05, 0) is 17.7 Å². The number of halogens is 2. The summed E-state index contributed by atoms with van der Waals surface area (Å²) in [5, 5.41) is 7.61. The first kappa shape index (κ1) is 24.7. The standard InChI is InChI=1S/C22H29ClN4O2.HI/c1-24-22(25-15-17-7-3-6-10-21(17)28-2)26-16-20(27-11-13-29-14-12-27)18-8-4-5-9-19(18)23;/h3-10,20H,11-16H2,1-2H3,(H2,24,25,26);1H. The number of aliphatic imine (C=N–C) groups is 1. The molecule has 30 heavy (non-hydrogen) atoms. The van der Waals surface area contributed by atoms with Gasteiger partial charge in [0.2, 0.25) is 0 Å². The van der Waals surface area contributed by atoms with Crippen molar-refractivity contribution in [1.29, 1.82) is 0 Å². The third kappa shape index (κ3) is 6.73. The van der Waals surface area contributed by atoms with Crippen molar-refractivity contribution in [3.8, 4) is 5.75 Å². The summed E-state index contributed by atoms with van der Waals surface area (Å²) in [7, 11) is 3.46. The van der Waals surface area contributed by atoms with E-state index in [0.29, 0.717) is 13.1 Å². The topological polar surface area (TPSA) is 58.1 Å². The van der Waals surface area contributed by atoms with Gasteiger partial charge in [-0.1, -0.05) is 48.0 Å². The van der Waals surface area contributed by atoms with E-state index < -0.39 is 0 Å². The van der Waals surface area contributed by atoms with Crippen LogP contribution in [0.25, 0.3) is 0 Å². The van der Waals surface area contributed by atoms with Gasteiger partial charge in [0.05, 0.1) is 26.4 Å². The van der Waals surface area contributed by atoms with Crippen molar-refractivity contribution in [1.82, 2.24) is 15.5 Å². The molecule has 0 saturated carbocycles. The number of para-hydroxylation sites is 1. The minimum absolute atomic E-state index is 0. The SMILES string of the molecule is CN=C(NCc1ccccc1OC)NCC(c1ccccc1Cl)N1CCOCC1.I. The van der Waals surface area contributed by atoms with Gasteiger partial charge in [0.1, 0.15) is 5.75 Å². The third-order valence-corrected chi connectivity index (χ3v) is 5.42. The molecule has 6 nitrogen and oxygen atoms in total. The average molecular weight is 545 g/mol. The number of hydrogen-bond donors (Lipinski definition) is 2. The van der Waals surface area contributed by atoms with E-state index in [1.165, 1.54) is 0 Å². The molecule has 3 rings (SSSR count). The Morgan fingerprint density at radius 1 is 1.13 bits per heavy atom. The number of morpholine rings is 1. The Kier molecular flexibility index (Phi) is 10.7. The van der Waals surface area contributed by atoms with Crippen LogP contribution >= 0.6 is 35.6 Å². The minimum Gasteiger partial charge on any atom is -0.496 e. The lowest BCUT2D eigenvalue weighted by atomic mass is 10.0. The Hall–Kier alpha value is -1.55. The lowest BCUT2D eigenvalue weighted by Crippen LogP contribution is -2.46. The summed E-state index contributed by atoms with van der Waals surface area (Å²) < 4.78 is 11.0. The van der Waals surface area contributed by atoms with E-state index in [9.17, 15) is 0 Å². The maximum absolute atomic E-state index is 6.52. The molecule has 1 aliphatic rings. The zero-order chi connectivity index (χ0) is 20.5. The number of ether oxygens (including phenoxy) is 2. The zero-order valence-electron chi connectivity index (χ0n) is 17.4. The first-order chi connectivity index (χ1) is 14.2. The molecule has 1 fully saturated rings. The van der Waals surface area contributed by atoms with Gasteiger partial charge in [-0.3, -0.25) is 9.89 Å². The predicted molar refractivity (Wildman–Crippen MR) is 133 cm³/mol. The second kappa shape index (κ2) is 13.0. The van der Waals surface area contributed by atoms with Gasteiger partial charge in [0.15, 0.2) is 5.96 Å². The molecule has 1 saturated heterocycles. The Balaban J connectivity index is 0.00000320. The van der Waals surface area contributed by atoms with E-state index in [1.807, 2.05) is 42.5 Å². The van der Waals surface area contributed by atoms with Gasteiger partial charge in [0.25, 0.3) is 0 Å². The first-order valence-corrected chi connectivity index (χ1v) is 10.2. The number of benzene rings is 2. The van der Waals surface area contributed by atoms with Crippen molar-refractivity contribution >= 4 is 41.5 Å². The molecule has 0 amide bonds. The predicted octanol–water partition coefficient (Wildman–Crippen LogP) is 3.71. The van der Waals surface area contributed by atoms with Crippen LogP contribution in [-0.2, 0) is 11.3 Å². The van der Waals surface area contributed by atoms with Crippen LogP contribution in [-0.4, -0.2) is 57.9 Å². The van der Waals surface area contributed by atoms with Crippen LogP contribution in [0.15, 0.2) is 53.5 Å². The van der Waals surface area contributed by atoms with E-state index in [4.69, 9.17) is 21.1 Å². The fourth-order valence-corrected chi connectivity index (χ4v) is 3.77. The van der Waals surface area contributed by atoms with Crippen molar-refractivity contribution in [3.63, 3.8) is 0 Å². The summed E-state index contributed by atoms with van der Waals surface area (Å²) in [4.78, 5) is 6.78. The molecule has 0 aromatic heterocycles. The lowest BCUT2D eigenvalue weighted by molar-refractivity contribution is 0.0170. The van der Waals surface area contributed by atoms with Crippen LogP contribution in [0.3, 0.4) is 0 Å². The quantitative estimate of drug-likeness (QED) is 0.316. The van der Waals surface area contributed by atoms with Gasteiger partial charge >= 0.3 is 0 Å². The van der Waals surface area contributed by atoms with E-state index in [-0.39, 0.29) is 30.0 Å². The summed E-state index contributed by atoms with van der Waals surface area (Å²) in [6.45, 7) is 4.55. The van der Waals surface area contributed by atoms with Gasteiger partial charge in [-0.15, -0.1) is 24.0 Å². The van der Waals surface area contributed by atoms with Crippen molar-refractivity contribution in [2.45, 2.75) is 12.6 Å². The van der Waals surface area contributed by atoms with Crippen LogP contribution in [0.1, 0.15) is 17.2 Å². The van der Waals surface area contributed by atoms with Crippen molar-refractivity contribution in [2.24, 2.45) is 4.99 Å². The van der Waals surface area contributed by atoms with Crippen molar-refractivity contribution < 1.29 is 9.47 Å². The van der Waals surface area contributed by atoms with Gasteiger partial charge in [-0.2, -0.15) is 0 Å². The minimum atomic E-state index is 0. The molecule has 2 N–H and O–H groups in total. The number of methoxy groups -OCH3 is 1. The molecule has 0 radical (unpaired) electrons. The molecule has 0 spiro atoms. The maximum Gasteiger partial charge on any atom is 0.191 e. The summed E-state index contributed by atoms with van der Waals surface area (Å²) in [6.07, 6.45) is 0. The highest BCUT2D eigenvalue weighted by Gasteiger charge is 2.24. The maximum atomic E-state index is 6.52. The second-order valence-electron chi connectivity index (χ2n) is 6.80. The molecule has 2 aromatic rings. The summed E-state index contributed by atoms with van der Waals surface area (Å²) in [6, 6.07) is 16.1. The Bertz CT molecular complexity index is 815. The number of hydrogen-bond acceptors (Lipinski definition) is 4. The molecule has 8 heteroatoms. The normalized spacial score (nSPS) is 15.8. The van der Waals surface area contributed by atoms with Gasteiger partial charge < -0.3 is 20.1 Å². The largest absolute Gasteiger partial charge is 0.496 e. The fraction of sp³-hybridized carbons (Fsp3) is 0.409. The molecule has 1 aliphatic heterocycles. The Labute approximate surface area is 201 Å². The molecule has 1 heterocycles. The van der Waals surface area contributed by atoms with Crippen molar-refractivity contribution in [2.75, 3.05) is 47.0 Å².